The molecule has 6 heteroatoms. The zero-order valence-corrected chi connectivity index (χ0v) is 17.4. The maximum absolute atomic E-state index is 12.0. The normalized spacial score (nSPS) is 11.1. The highest BCUT2D eigenvalue weighted by molar-refractivity contribution is 7.99. The minimum absolute atomic E-state index is 0.114. The minimum Gasteiger partial charge on any atom is -0.316 e. The molecule has 1 heterocycles. The standard InChI is InChI=1S/C22H22ClN3OS/c1-16-12-19(17(2)26(16)21-11-7-6-10-20(21)23)13-24-25-22(27)15-28-14-18-8-4-3-5-9-18/h3-13H,14-15H2,1-2H3,(H,25,27)/b24-13+. The van der Waals surface area contributed by atoms with Gasteiger partial charge in [-0.15, -0.1) is 11.8 Å². The molecule has 0 radical (unpaired) electrons. The smallest absolute Gasteiger partial charge is 0.250 e. The third-order valence-electron chi connectivity index (χ3n) is 4.30. The Labute approximate surface area is 174 Å². The van der Waals surface area contributed by atoms with E-state index in [4.69, 9.17) is 11.6 Å². The molecule has 3 rings (SSSR count). The Bertz CT molecular complexity index is 983. The van der Waals surface area contributed by atoms with Crippen molar-refractivity contribution >= 4 is 35.5 Å². The van der Waals surface area contributed by atoms with E-state index in [1.807, 2.05) is 62.4 Å². The first kappa shape index (κ1) is 20.2. The molecule has 0 aliphatic heterocycles. The highest BCUT2D eigenvalue weighted by atomic mass is 35.5. The van der Waals surface area contributed by atoms with E-state index in [1.165, 1.54) is 5.56 Å². The molecule has 3 aromatic rings. The number of aromatic nitrogens is 1. The van der Waals surface area contributed by atoms with E-state index >= 15 is 0 Å². The van der Waals surface area contributed by atoms with Crippen molar-refractivity contribution in [2.24, 2.45) is 5.10 Å². The summed E-state index contributed by atoms with van der Waals surface area (Å²) in [6.45, 7) is 4.03. The molecule has 0 aliphatic rings. The molecule has 0 fully saturated rings. The van der Waals surface area contributed by atoms with E-state index in [1.54, 1.807) is 18.0 Å². The van der Waals surface area contributed by atoms with Crippen LogP contribution < -0.4 is 5.43 Å². The molecule has 144 valence electrons. The number of amides is 1. The lowest BCUT2D eigenvalue weighted by atomic mass is 10.2. The first-order chi connectivity index (χ1) is 13.6. The van der Waals surface area contributed by atoms with Gasteiger partial charge in [0.05, 0.1) is 22.7 Å². The number of aryl methyl sites for hydroxylation is 1. The molecule has 0 spiro atoms. The highest BCUT2D eigenvalue weighted by Crippen LogP contribution is 2.25. The molecule has 28 heavy (non-hydrogen) atoms. The Balaban J connectivity index is 1.58. The van der Waals surface area contributed by atoms with Crippen molar-refractivity contribution in [3.63, 3.8) is 0 Å². The summed E-state index contributed by atoms with van der Waals surface area (Å²) in [4.78, 5) is 12.0. The van der Waals surface area contributed by atoms with E-state index in [2.05, 4.69) is 27.2 Å². The molecular formula is C22H22ClN3OS. The van der Waals surface area contributed by atoms with Gasteiger partial charge in [-0.2, -0.15) is 5.10 Å². The number of hydrogen-bond acceptors (Lipinski definition) is 3. The summed E-state index contributed by atoms with van der Waals surface area (Å²) < 4.78 is 2.08. The summed E-state index contributed by atoms with van der Waals surface area (Å²) in [7, 11) is 0. The number of hydrazone groups is 1. The van der Waals surface area contributed by atoms with Crippen LogP contribution in [0.1, 0.15) is 22.5 Å². The molecule has 0 unspecified atom stereocenters. The van der Waals surface area contributed by atoms with E-state index in [0.717, 1.165) is 28.4 Å². The van der Waals surface area contributed by atoms with Crippen molar-refractivity contribution in [1.29, 1.82) is 0 Å². The van der Waals surface area contributed by atoms with Crippen molar-refractivity contribution in [2.75, 3.05) is 5.75 Å². The predicted molar refractivity (Wildman–Crippen MR) is 119 cm³/mol. The minimum atomic E-state index is -0.114. The molecule has 1 aromatic heterocycles. The van der Waals surface area contributed by atoms with Gasteiger partial charge in [-0.3, -0.25) is 4.79 Å². The number of para-hydroxylation sites is 1. The van der Waals surface area contributed by atoms with Gasteiger partial charge in [-0.25, -0.2) is 5.43 Å². The fourth-order valence-corrected chi connectivity index (χ4v) is 3.96. The lowest BCUT2D eigenvalue weighted by molar-refractivity contribution is -0.118. The Morgan fingerprint density at radius 1 is 1.14 bits per heavy atom. The average Bonchev–Trinajstić information content (AvgIpc) is 2.97. The van der Waals surface area contributed by atoms with Crippen LogP contribution in [0.3, 0.4) is 0 Å². The van der Waals surface area contributed by atoms with Crippen LogP contribution >= 0.6 is 23.4 Å². The molecule has 1 N–H and O–H groups in total. The maximum atomic E-state index is 12.0. The van der Waals surface area contributed by atoms with Crippen LogP contribution in [0, 0.1) is 13.8 Å². The SMILES string of the molecule is Cc1cc(/C=N/NC(=O)CSCc2ccccc2)c(C)n1-c1ccccc1Cl. The second-order valence-corrected chi connectivity index (χ2v) is 7.78. The number of benzene rings is 2. The molecule has 0 saturated carbocycles. The van der Waals surface area contributed by atoms with Crippen molar-refractivity contribution in [1.82, 2.24) is 9.99 Å². The van der Waals surface area contributed by atoms with Crippen LogP contribution in [0.5, 0.6) is 0 Å². The summed E-state index contributed by atoms with van der Waals surface area (Å²) in [5.74, 6) is 1.05. The number of nitrogens with zero attached hydrogens (tertiary/aromatic N) is 2. The van der Waals surface area contributed by atoms with Gasteiger partial charge in [0.25, 0.3) is 0 Å². The molecule has 0 bridgehead atoms. The van der Waals surface area contributed by atoms with E-state index in [-0.39, 0.29) is 5.91 Å². The second kappa shape index (κ2) is 9.62. The maximum Gasteiger partial charge on any atom is 0.250 e. The number of carbonyl (C=O) groups excluding carboxylic acids is 1. The first-order valence-electron chi connectivity index (χ1n) is 8.93. The van der Waals surface area contributed by atoms with Crippen molar-refractivity contribution in [2.45, 2.75) is 19.6 Å². The van der Waals surface area contributed by atoms with Crippen LogP contribution in [0.2, 0.25) is 5.02 Å². The number of hydrogen-bond donors (Lipinski definition) is 1. The van der Waals surface area contributed by atoms with Crippen LogP contribution in [-0.4, -0.2) is 22.4 Å². The van der Waals surface area contributed by atoms with E-state index in [9.17, 15) is 4.79 Å². The number of nitrogens with one attached hydrogen (secondary N) is 1. The number of halogens is 1. The zero-order chi connectivity index (χ0) is 19.9. The van der Waals surface area contributed by atoms with Gasteiger partial charge in [-0.05, 0) is 37.6 Å². The Morgan fingerprint density at radius 3 is 2.61 bits per heavy atom. The van der Waals surface area contributed by atoms with Crippen LogP contribution in [-0.2, 0) is 10.5 Å². The Hall–Kier alpha value is -2.50. The Kier molecular flexibility index (Phi) is 6.95. The summed E-state index contributed by atoms with van der Waals surface area (Å²) in [5.41, 5.74) is 7.74. The topological polar surface area (TPSA) is 46.4 Å². The fourth-order valence-electron chi connectivity index (χ4n) is 2.96. The summed E-state index contributed by atoms with van der Waals surface area (Å²) >= 11 is 7.90. The van der Waals surface area contributed by atoms with Crippen molar-refractivity contribution in [3.8, 4) is 5.69 Å². The molecule has 0 aliphatic carbocycles. The number of thioether (sulfide) groups is 1. The highest BCUT2D eigenvalue weighted by Gasteiger charge is 2.11. The van der Waals surface area contributed by atoms with Crippen molar-refractivity contribution < 1.29 is 4.79 Å². The molecule has 0 saturated heterocycles. The Morgan fingerprint density at radius 2 is 1.86 bits per heavy atom. The largest absolute Gasteiger partial charge is 0.316 e. The monoisotopic (exact) mass is 411 g/mol. The van der Waals surface area contributed by atoms with Gasteiger partial charge in [-0.1, -0.05) is 54.1 Å². The molecule has 4 nitrogen and oxygen atoms in total. The lowest BCUT2D eigenvalue weighted by Crippen LogP contribution is -2.19. The fraction of sp³-hybridized carbons (Fsp3) is 0.182. The van der Waals surface area contributed by atoms with Gasteiger partial charge in [0.1, 0.15) is 0 Å². The quantitative estimate of drug-likeness (QED) is 0.432. The number of rotatable bonds is 7. The van der Waals surface area contributed by atoms with Gasteiger partial charge in [0, 0.05) is 22.7 Å². The summed E-state index contributed by atoms with van der Waals surface area (Å²) in [5, 5.41) is 4.81. The van der Waals surface area contributed by atoms with Crippen LogP contribution in [0.15, 0.2) is 65.8 Å². The van der Waals surface area contributed by atoms with Crippen molar-refractivity contribution in [3.05, 3.63) is 88.2 Å². The zero-order valence-electron chi connectivity index (χ0n) is 15.9. The summed E-state index contributed by atoms with van der Waals surface area (Å²) in [6, 6.07) is 19.8. The predicted octanol–water partition coefficient (Wildman–Crippen LogP) is 5.13. The second-order valence-electron chi connectivity index (χ2n) is 6.38. The first-order valence-corrected chi connectivity index (χ1v) is 10.5. The van der Waals surface area contributed by atoms with Crippen LogP contribution in [0.25, 0.3) is 5.69 Å². The van der Waals surface area contributed by atoms with Gasteiger partial charge in [0.15, 0.2) is 0 Å². The van der Waals surface area contributed by atoms with Gasteiger partial charge in [0.2, 0.25) is 5.91 Å². The van der Waals surface area contributed by atoms with Gasteiger partial charge < -0.3 is 4.57 Å². The van der Waals surface area contributed by atoms with Crippen LogP contribution in [0.4, 0.5) is 0 Å². The lowest BCUT2D eigenvalue weighted by Gasteiger charge is -2.11. The molecule has 1 amide bonds. The van der Waals surface area contributed by atoms with Gasteiger partial charge >= 0.3 is 0 Å². The average molecular weight is 412 g/mol. The molecular weight excluding hydrogens is 390 g/mol. The number of carbonyl (C=O) groups is 1. The third kappa shape index (κ3) is 5.06. The third-order valence-corrected chi connectivity index (χ3v) is 5.62. The molecule has 2 aromatic carbocycles. The van der Waals surface area contributed by atoms with E-state index in [0.29, 0.717) is 10.8 Å². The molecule has 0 atom stereocenters. The summed E-state index contributed by atoms with van der Waals surface area (Å²) in [6.07, 6.45) is 1.68. The van der Waals surface area contributed by atoms with E-state index < -0.39 is 0 Å².